The van der Waals surface area contributed by atoms with Crippen molar-refractivity contribution in [3.63, 3.8) is 0 Å². The lowest BCUT2D eigenvalue weighted by molar-refractivity contribution is 0.0953. The molecule has 116 valence electrons. The molecule has 0 aliphatic carbocycles. The number of nitrogens with one attached hydrogen (secondary N) is 1. The van der Waals surface area contributed by atoms with E-state index < -0.39 is 17.5 Å². The zero-order valence-corrected chi connectivity index (χ0v) is 12.4. The van der Waals surface area contributed by atoms with Crippen LogP contribution in [0, 0.1) is 11.6 Å². The summed E-state index contributed by atoms with van der Waals surface area (Å²) in [6, 6.07) is 16.8. The van der Waals surface area contributed by atoms with Crippen LogP contribution < -0.4 is 5.32 Å². The average molecular weight is 311 g/mol. The van der Waals surface area contributed by atoms with Crippen LogP contribution in [-0.4, -0.2) is 12.5 Å². The standard InChI is InChI=1S/C19H15F2NO/c20-16-10-15(11-17(21)12-16)19(23)22-9-8-14-6-3-5-13-4-1-2-7-18(13)14/h1-7,10-12H,8-9H2,(H,22,23). The van der Waals surface area contributed by atoms with Gasteiger partial charge in [-0.25, -0.2) is 8.78 Å². The number of hydrogen-bond acceptors (Lipinski definition) is 1. The summed E-state index contributed by atoms with van der Waals surface area (Å²) < 4.78 is 26.3. The quantitative estimate of drug-likeness (QED) is 0.772. The molecule has 2 nitrogen and oxygen atoms in total. The Morgan fingerprint density at radius 2 is 1.61 bits per heavy atom. The second-order valence-electron chi connectivity index (χ2n) is 5.30. The Balaban J connectivity index is 1.68. The van der Waals surface area contributed by atoms with Crippen molar-refractivity contribution >= 4 is 16.7 Å². The maximum Gasteiger partial charge on any atom is 0.251 e. The fourth-order valence-electron chi connectivity index (χ4n) is 2.61. The van der Waals surface area contributed by atoms with E-state index in [1.54, 1.807) is 0 Å². The molecule has 0 saturated heterocycles. The van der Waals surface area contributed by atoms with E-state index in [-0.39, 0.29) is 5.56 Å². The number of halogens is 2. The molecule has 0 aliphatic rings. The number of carbonyl (C=O) groups is 1. The summed E-state index contributed by atoms with van der Waals surface area (Å²) in [5.41, 5.74) is 1.11. The van der Waals surface area contributed by atoms with E-state index in [9.17, 15) is 13.6 Å². The first-order valence-corrected chi connectivity index (χ1v) is 7.34. The van der Waals surface area contributed by atoms with Crippen LogP contribution in [0.15, 0.2) is 60.7 Å². The first kappa shape index (κ1) is 15.2. The van der Waals surface area contributed by atoms with Crippen LogP contribution in [0.1, 0.15) is 15.9 Å². The Morgan fingerprint density at radius 1 is 0.913 bits per heavy atom. The summed E-state index contributed by atoms with van der Waals surface area (Å²) in [7, 11) is 0. The minimum atomic E-state index is -0.760. The molecule has 0 aromatic heterocycles. The normalized spacial score (nSPS) is 10.7. The predicted octanol–water partition coefficient (Wildman–Crippen LogP) is 4.09. The highest BCUT2D eigenvalue weighted by atomic mass is 19.1. The molecule has 3 rings (SSSR count). The molecular weight excluding hydrogens is 296 g/mol. The van der Waals surface area contributed by atoms with Gasteiger partial charge in [0.2, 0.25) is 0 Å². The minimum absolute atomic E-state index is 0.0135. The van der Waals surface area contributed by atoms with Gasteiger partial charge in [-0.3, -0.25) is 4.79 Å². The second-order valence-corrected chi connectivity index (χ2v) is 5.30. The predicted molar refractivity (Wildman–Crippen MR) is 86.3 cm³/mol. The summed E-state index contributed by atoms with van der Waals surface area (Å²) in [5.74, 6) is -2.00. The van der Waals surface area contributed by atoms with Crippen LogP contribution in [-0.2, 0) is 6.42 Å². The molecule has 0 saturated carbocycles. The van der Waals surface area contributed by atoms with Gasteiger partial charge in [0.15, 0.2) is 0 Å². The molecule has 1 N–H and O–H groups in total. The Morgan fingerprint density at radius 3 is 2.39 bits per heavy atom. The molecule has 23 heavy (non-hydrogen) atoms. The first-order chi connectivity index (χ1) is 11.1. The lowest BCUT2D eigenvalue weighted by Crippen LogP contribution is -2.26. The second kappa shape index (κ2) is 6.57. The third-order valence-corrected chi connectivity index (χ3v) is 3.68. The van der Waals surface area contributed by atoms with Gasteiger partial charge in [0.05, 0.1) is 0 Å². The van der Waals surface area contributed by atoms with Crippen LogP contribution >= 0.6 is 0 Å². The maximum absolute atomic E-state index is 13.1. The van der Waals surface area contributed by atoms with Crippen LogP contribution in [0.3, 0.4) is 0 Å². The highest BCUT2D eigenvalue weighted by Gasteiger charge is 2.09. The van der Waals surface area contributed by atoms with E-state index >= 15 is 0 Å². The van der Waals surface area contributed by atoms with Gasteiger partial charge in [-0.2, -0.15) is 0 Å². The van der Waals surface area contributed by atoms with E-state index in [0.717, 1.165) is 34.5 Å². The SMILES string of the molecule is O=C(NCCc1cccc2ccccc12)c1cc(F)cc(F)c1. The Labute approximate surface area is 132 Å². The van der Waals surface area contributed by atoms with Crippen LogP contribution in [0.4, 0.5) is 8.78 Å². The topological polar surface area (TPSA) is 29.1 Å². The number of fused-ring (bicyclic) bond motifs is 1. The molecule has 0 unspecified atom stereocenters. The van der Waals surface area contributed by atoms with E-state index in [0.29, 0.717) is 13.0 Å². The van der Waals surface area contributed by atoms with Gasteiger partial charge >= 0.3 is 0 Å². The summed E-state index contributed by atoms with van der Waals surface area (Å²) in [6.07, 6.45) is 0.644. The molecule has 4 heteroatoms. The van der Waals surface area contributed by atoms with Gasteiger partial charge in [0.1, 0.15) is 11.6 Å². The smallest absolute Gasteiger partial charge is 0.251 e. The van der Waals surface area contributed by atoms with E-state index in [1.807, 2.05) is 42.5 Å². The molecule has 0 atom stereocenters. The van der Waals surface area contributed by atoms with Crippen molar-refractivity contribution in [2.75, 3.05) is 6.54 Å². The molecule has 1 amide bonds. The van der Waals surface area contributed by atoms with Gasteiger partial charge in [-0.1, -0.05) is 42.5 Å². The largest absolute Gasteiger partial charge is 0.352 e. The monoisotopic (exact) mass is 311 g/mol. The van der Waals surface area contributed by atoms with Gasteiger partial charge in [0.25, 0.3) is 5.91 Å². The maximum atomic E-state index is 13.1. The van der Waals surface area contributed by atoms with Crippen molar-refractivity contribution in [2.24, 2.45) is 0 Å². The Kier molecular flexibility index (Phi) is 4.33. The van der Waals surface area contributed by atoms with Gasteiger partial charge < -0.3 is 5.32 Å². The highest BCUT2D eigenvalue weighted by Crippen LogP contribution is 2.18. The summed E-state index contributed by atoms with van der Waals surface area (Å²) in [4.78, 5) is 12.0. The molecular formula is C19H15F2NO. The molecule has 3 aromatic carbocycles. The molecule has 0 heterocycles. The molecule has 0 aliphatic heterocycles. The number of carbonyl (C=O) groups excluding carboxylic acids is 1. The fourth-order valence-corrected chi connectivity index (χ4v) is 2.61. The van der Waals surface area contributed by atoms with Crippen molar-refractivity contribution in [1.29, 1.82) is 0 Å². The van der Waals surface area contributed by atoms with E-state index in [1.165, 1.54) is 0 Å². The van der Waals surface area contributed by atoms with Gasteiger partial charge in [-0.15, -0.1) is 0 Å². The van der Waals surface area contributed by atoms with Crippen LogP contribution in [0.2, 0.25) is 0 Å². The third kappa shape index (κ3) is 3.54. The van der Waals surface area contributed by atoms with Crippen molar-refractivity contribution in [1.82, 2.24) is 5.32 Å². The minimum Gasteiger partial charge on any atom is -0.352 e. The Bertz CT molecular complexity index is 835. The molecule has 0 bridgehead atoms. The molecule has 3 aromatic rings. The van der Waals surface area contributed by atoms with Gasteiger partial charge in [-0.05, 0) is 34.9 Å². The molecule has 0 radical (unpaired) electrons. The van der Waals surface area contributed by atoms with Crippen molar-refractivity contribution in [3.05, 3.63) is 83.4 Å². The average Bonchev–Trinajstić information content (AvgIpc) is 2.54. The molecule has 0 spiro atoms. The number of benzene rings is 3. The first-order valence-electron chi connectivity index (χ1n) is 7.34. The Hall–Kier alpha value is -2.75. The van der Waals surface area contributed by atoms with Crippen molar-refractivity contribution < 1.29 is 13.6 Å². The zero-order chi connectivity index (χ0) is 16.2. The van der Waals surface area contributed by atoms with Crippen molar-refractivity contribution in [3.8, 4) is 0 Å². The highest BCUT2D eigenvalue weighted by molar-refractivity contribution is 5.94. The summed E-state index contributed by atoms with van der Waals surface area (Å²) in [6.45, 7) is 0.394. The number of hydrogen-bond donors (Lipinski definition) is 1. The summed E-state index contributed by atoms with van der Waals surface area (Å²) in [5, 5.41) is 4.98. The van der Waals surface area contributed by atoms with Crippen LogP contribution in [0.25, 0.3) is 10.8 Å². The third-order valence-electron chi connectivity index (χ3n) is 3.68. The summed E-state index contributed by atoms with van der Waals surface area (Å²) >= 11 is 0. The van der Waals surface area contributed by atoms with E-state index in [4.69, 9.17) is 0 Å². The lowest BCUT2D eigenvalue weighted by Gasteiger charge is -2.08. The zero-order valence-electron chi connectivity index (χ0n) is 12.4. The number of amides is 1. The fraction of sp³-hybridized carbons (Fsp3) is 0.105. The van der Waals surface area contributed by atoms with Crippen LogP contribution in [0.5, 0.6) is 0 Å². The number of rotatable bonds is 4. The molecule has 0 fully saturated rings. The van der Waals surface area contributed by atoms with E-state index in [2.05, 4.69) is 5.32 Å². The lowest BCUT2D eigenvalue weighted by atomic mass is 10.0. The van der Waals surface area contributed by atoms with Gasteiger partial charge in [0, 0.05) is 18.2 Å². The van der Waals surface area contributed by atoms with Crippen molar-refractivity contribution in [2.45, 2.75) is 6.42 Å².